The Balaban J connectivity index is 2.03. The molecule has 1 aromatic carbocycles. The Labute approximate surface area is 173 Å². The normalized spacial score (nSPS) is 11.4. The topological polar surface area (TPSA) is 102 Å². The van der Waals surface area contributed by atoms with Crippen molar-refractivity contribution in [1.82, 2.24) is 10.6 Å². The molecule has 0 bridgehead atoms. The Bertz CT molecular complexity index is 892. The fraction of sp³-hybridized carbons (Fsp3) is 0.333. The molecule has 0 radical (unpaired) electrons. The quantitative estimate of drug-likeness (QED) is 0.507. The molecule has 7 nitrogen and oxygen atoms in total. The zero-order valence-electron chi connectivity index (χ0n) is 16.6. The number of ketones is 1. The van der Waals surface area contributed by atoms with Crippen LogP contribution in [0, 0.1) is 13.8 Å². The van der Waals surface area contributed by atoms with Crippen molar-refractivity contribution < 1.29 is 23.9 Å². The maximum Gasteiger partial charge on any atom is 0.321 e. The second-order valence-electron chi connectivity index (χ2n) is 6.38. The number of nitrogens with one attached hydrogen (secondary N) is 2. The Hall–Kier alpha value is -3.00. The fourth-order valence-corrected chi connectivity index (χ4v) is 3.67. The average Bonchev–Trinajstić information content (AvgIpc) is 3.03. The molecule has 2 rings (SSSR count). The van der Waals surface area contributed by atoms with Crippen molar-refractivity contribution in [3.05, 3.63) is 57.3 Å². The SMILES string of the molecule is CCNC(=O)NC(=O)[C@H](OC(=O)CCC(=O)c1cc(C)sc1C)c1ccccc1. The van der Waals surface area contributed by atoms with Crippen molar-refractivity contribution in [2.75, 3.05) is 6.54 Å². The fourth-order valence-electron chi connectivity index (χ4n) is 2.73. The molecule has 0 aliphatic rings. The number of hydrogen-bond acceptors (Lipinski definition) is 6. The van der Waals surface area contributed by atoms with Crippen LogP contribution in [0.25, 0.3) is 0 Å². The number of ether oxygens (including phenoxy) is 1. The number of carbonyl (C=O) groups is 4. The molecule has 2 aromatic rings. The minimum Gasteiger partial charge on any atom is -0.447 e. The van der Waals surface area contributed by atoms with Gasteiger partial charge in [0.15, 0.2) is 5.78 Å². The highest BCUT2D eigenvalue weighted by molar-refractivity contribution is 7.12. The van der Waals surface area contributed by atoms with Crippen molar-refractivity contribution in [1.29, 1.82) is 0 Å². The Kier molecular flexibility index (Phi) is 8.09. The Morgan fingerprint density at radius 2 is 1.76 bits per heavy atom. The van der Waals surface area contributed by atoms with Crippen LogP contribution < -0.4 is 10.6 Å². The van der Waals surface area contributed by atoms with E-state index in [1.807, 2.05) is 13.8 Å². The van der Waals surface area contributed by atoms with Gasteiger partial charge in [-0.05, 0) is 26.8 Å². The molecular weight excluding hydrogens is 392 g/mol. The predicted molar refractivity (Wildman–Crippen MR) is 110 cm³/mol. The molecule has 0 fully saturated rings. The first kappa shape index (κ1) is 22.3. The summed E-state index contributed by atoms with van der Waals surface area (Å²) in [6.45, 7) is 5.84. The molecule has 1 heterocycles. The number of benzene rings is 1. The smallest absolute Gasteiger partial charge is 0.321 e. The van der Waals surface area contributed by atoms with Gasteiger partial charge in [-0.25, -0.2) is 4.79 Å². The molecule has 154 valence electrons. The third-order valence-electron chi connectivity index (χ3n) is 4.06. The molecular formula is C21H24N2O5S. The summed E-state index contributed by atoms with van der Waals surface area (Å²) in [6, 6.07) is 9.53. The second-order valence-corrected chi connectivity index (χ2v) is 7.84. The van der Waals surface area contributed by atoms with Gasteiger partial charge in [-0.2, -0.15) is 0 Å². The standard InChI is InChI=1S/C21H24N2O5S/c1-4-22-21(27)23-20(26)19(15-8-6-5-7-9-15)28-18(25)11-10-17(24)16-12-13(2)29-14(16)3/h5-9,12,19H,4,10-11H2,1-3H3,(H2,22,23,26,27)/t19-/m1/s1. The first-order valence-electron chi connectivity index (χ1n) is 9.25. The van der Waals surface area contributed by atoms with Gasteiger partial charge in [-0.3, -0.25) is 19.7 Å². The lowest BCUT2D eigenvalue weighted by Crippen LogP contribution is -2.42. The van der Waals surface area contributed by atoms with E-state index in [0.29, 0.717) is 17.7 Å². The highest BCUT2D eigenvalue weighted by Crippen LogP contribution is 2.23. The molecule has 2 N–H and O–H groups in total. The molecule has 0 saturated carbocycles. The maximum absolute atomic E-state index is 12.5. The molecule has 0 aliphatic carbocycles. The molecule has 0 saturated heterocycles. The van der Waals surface area contributed by atoms with Crippen molar-refractivity contribution in [3.8, 4) is 0 Å². The van der Waals surface area contributed by atoms with E-state index < -0.39 is 24.0 Å². The second kappa shape index (κ2) is 10.5. The maximum atomic E-state index is 12.5. The molecule has 29 heavy (non-hydrogen) atoms. The first-order chi connectivity index (χ1) is 13.8. The largest absolute Gasteiger partial charge is 0.447 e. The number of hydrogen-bond donors (Lipinski definition) is 2. The van der Waals surface area contributed by atoms with Gasteiger partial charge in [0.2, 0.25) is 6.10 Å². The average molecular weight is 416 g/mol. The van der Waals surface area contributed by atoms with Gasteiger partial charge in [-0.15, -0.1) is 11.3 Å². The van der Waals surface area contributed by atoms with E-state index in [1.165, 1.54) is 11.3 Å². The van der Waals surface area contributed by atoms with Gasteiger partial charge in [0, 0.05) is 33.8 Å². The van der Waals surface area contributed by atoms with Crippen LogP contribution in [-0.2, 0) is 14.3 Å². The summed E-state index contributed by atoms with van der Waals surface area (Å²) in [5, 5.41) is 4.60. The Morgan fingerprint density at radius 1 is 1.07 bits per heavy atom. The van der Waals surface area contributed by atoms with Gasteiger partial charge in [0.05, 0.1) is 6.42 Å². The predicted octanol–water partition coefficient (Wildman–Crippen LogP) is 3.46. The van der Waals surface area contributed by atoms with Gasteiger partial charge in [0.25, 0.3) is 5.91 Å². The molecule has 3 amide bonds. The summed E-state index contributed by atoms with van der Waals surface area (Å²) >= 11 is 1.53. The lowest BCUT2D eigenvalue weighted by Gasteiger charge is -2.17. The number of Topliss-reactive ketones (excluding diaryl/α,β-unsaturated/α-hetero) is 1. The van der Waals surface area contributed by atoms with Gasteiger partial charge in [-0.1, -0.05) is 30.3 Å². The number of amides is 3. The third kappa shape index (κ3) is 6.53. The first-order valence-corrected chi connectivity index (χ1v) is 10.1. The van der Waals surface area contributed by atoms with Crippen LogP contribution in [0.5, 0.6) is 0 Å². The summed E-state index contributed by atoms with van der Waals surface area (Å²) < 4.78 is 5.32. The van der Waals surface area contributed by atoms with Gasteiger partial charge >= 0.3 is 12.0 Å². The molecule has 1 atom stereocenters. The van der Waals surface area contributed by atoms with Crippen LogP contribution in [0.2, 0.25) is 0 Å². The number of carbonyl (C=O) groups excluding carboxylic acids is 4. The summed E-state index contributed by atoms with van der Waals surface area (Å²) in [5.74, 6) is -1.60. The zero-order chi connectivity index (χ0) is 21.4. The third-order valence-corrected chi connectivity index (χ3v) is 5.03. The molecule has 0 unspecified atom stereocenters. The number of rotatable bonds is 8. The van der Waals surface area contributed by atoms with E-state index in [4.69, 9.17) is 4.74 Å². The summed E-state index contributed by atoms with van der Waals surface area (Å²) in [6.07, 6.45) is -1.47. The van der Waals surface area contributed by atoms with Crippen molar-refractivity contribution in [2.24, 2.45) is 0 Å². The van der Waals surface area contributed by atoms with Crippen molar-refractivity contribution in [3.63, 3.8) is 0 Å². The van der Waals surface area contributed by atoms with E-state index in [9.17, 15) is 19.2 Å². The summed E-state index contributed by atoms with van der Waals surface area (Å²) in [4.78, 5) is 50.7. The summed E-state index contributed by atoms with van der Waals surface area (Å²) in [5.41, 5.74) is 1.03. The summed E-state index contributed by atoms with van der Waals surface area (Å²) in [7, 11) is 0. The van der Waals surface area contributed by atoms with Crippen LogP contribution in [0.1, 0.15) is 51.5 Å². The van der Waals surface area contributed by atoms with E-state index in [2.05, 4.69) is 10.6 Å². The minimum absolute atomic E-state index is 0.0186. The highest BCUT2D eigenvalue weighted by Gasteiger charge is 2.26. The number of imide groups is 1. The van der Waals surface area contributed by atoms with Crippen molar-refractivity contribution in [2.45, 2.75) is 39.7 Å². The zero-order valence-corrected chi connectivity index (χ0v) is 17.4. The molecule has 0 aliphatic heterocycles. The van der Waals surface area contributed by atoms with Crippen LogP contribution in [0.4, 0.5) is 4.79 Å². The number of thiophene rings is 1. The van der Waals surface area contributed by atoms with Crippen molar-refractivity contribution >= 4 is 35.0 Å². The minimum atomic E-state index is -1.29. The monoisotopic (exact) mass is 416 g/mol. The van der Waals surface area contributed by atoms with Crippen LogP contribution >= 0.6 is 11.3 Å². The number of aryl methyl sites for hydroxylation is 2. The lowest BCUT2D eigenvalue weighted by molar-refractivity contribution is -0.156. The van der Waals surface area contributed by atoms with Gasteiger partial charge in [0.1, 0.15) is 0 Å². The molecule has 0 spiro atoms. The molecule has 8 heteroatoms. The van der Waals surface area contributed by atoms with Crippen LogP contribution in [0.3, 0.4) is 0 Å². The van der Waals surface area contributed by atoms with E-state index in [0.717, 1.165) is 9.75 Å². The van der Waals surface area contributed by atoms with E-state index in [1.54, 1.807) is 43.3 Å². The lowest BCUT2D eigenvalue weighted by atomic mass is 10.1. The van der Waals surface area contributed by atoms with Gasteiger partial charge < -0.3 is 10.1 Å². The van der Waals surface area contributed by atoms with E-state index >= 15 is 0 Å². The number of esters is 1. The van der Waals surface area contributed by atoms with Crippen LogP contribution in [0.15, 0.2) is 36.4 Å². The van der Waals surface area contributed by atoms with Crippen LogP contribution in [-0.4, -0.2) is 30.2 Å². The molecule has 1 aromatic heterocycles. The highest BCUT2D eigenvalue weighted by atomic mass is 32.1. The Morgan fingerprint density at radius 3 is 2.34 bits per heavy atom. The number of urea groups is 1. The van der Waals surface area contributed by atoms with E-state index in [-0.39, 0.29) is 18.6 Å².